The summed E-state index contributed by atoms with van der Waals surface area (Å²) >= 11 is 0. The summed E-state index contributed by atoms with van der Waals surface area (Å²) < 4.78 is 20.0. The van der Waals surface area contributed by atoms with Crippen LogP contribution in [0.3, 0.4) is 0 Å². The topological polar surface area (TPSA) is 93.0 Å². The number of rotatable bonds is 3. The number of anilines is 1. The van der Waals surface area contributed by atoms with Crippen LogP contribution in [0.5, 0.6) is 0 Å². The molecule has 0 saturated carbocycles. The van der Waals surface area contributed by atoms with Gasteiger partial charge in [0.15, 0.2) is 17.4 Å². The summed E-state index contributed by atoms with van der Waals surface area (Å²) in [5, 5.41) is 22.3. The zero-order chi connectivity index (χ0) is 21.4. The maximum absolute atomic E-state index is 14.4. The Hall–Kier alpha value is -3.75. The number of aromatic nitrogens is 2. The molecule has 3 aromatic rings. The van der Waals surface area contributed by atoms with Gasteiger partial charge in [-0.2, -0.15) is 10.5 Å². The number of hydrogen-bond acceptors (Lipinski definition) is 7. The van der Waals surface area contributed by atoms with Gasteiger partial charge in [-0.3, -0.25) is 4.90 Å². The quantitative estimate of drug-likeness (QED) is 0.646. The lowest BCUT2D eigenvalue weighted by molar-refractivity contribution is 0.170. The molecule has 5 rings (SSSR count). The van der Waals surface area contributed by atoms with Crippen LogP contribution in [0.2, 0.25) is 0 Å². The Morgan fingerprint density at radius 2 is 1.94 bits per heavy atom. The van der Waals surface area contributed by atoms with E-state index in [1.165, 1.54) is 12.3 Å². The third-order valence-corrected chi connectivity index (χ3v) is 6.10. The molecule has 1 unspecified atom stereocenters. The summed E-state index contributed by atoms with van der Waals surface area (Å²) in [6, 6.07) is 15.0. The van der Waals surface area contributed by atoms with E-state index in [9.17, 15) is 4.39 Å². The Bertz CT molecular complexity index is 1210. The molecule has 2 saturated heterocycles. The van der Waals surface area contributed by atoms with Crippen LogP contribution in [0.4, 0.5) is 10.2 Å². The number of pyridine rings is 1. The second kappa shape index (κ2) is 7.82. The maximum atomic E-state index is 14.4. The summed E-state index contributed by atoms with van der Waals surface area (Å²) in [5.74, 6) is 0.504. The van der Waals surface area contributed by atoms with Gasteiger partial charge in [0.2, 0.25) is 0 Å². The van der Waals surface area contributed by atoms with Gasteiger partial charge >= 0.3 is 0 Å². The molecule has 0 bridgehead atoms. The molecule has 1 aromatic carbocycles. The molecule has 0 radical (unpaired) electrons. The van der Waals surface area contributed by atoms with Gasteiger partial charge in [-0.15, -0.1) is 0 Å². The van der Waals surface area contributed by atoms with E-state index >= 15 is 0 Å². The molecule has 2 atom stereocenters. The Morgan fingerprint density at radius 3 is 2.74 bits per heavy atom. The van der Waals surface area contributed by atoms with Gasteiger partial charge in [0, 0.05) is 43.5 Å². The lowest BCUT2D eigenvalue weighted by Crippen LogP contribution is -2.51. The van der Waals surface area contributed by atoms with Crippen molar-refractivity contribution < 1.29 is 8.91 Å². The van der Waals surface area contributed by atoms with E-state index in [-0.39, 0.29) is 17.6 Å². The highest BCUT2D eigenvalue weighted by atomic mass is 19.1. The second-order valence-electron chi connectivity index (χ2n) is 7.88. The monoisotopic (exact) mass is 414 g/mol. The molecule has 2 fully saturated rings. The first-order valence-corrected chi connectivity index (χ1v) is 10.2. The predicted octanol–water partition coefficient (Wildman–Crippen LogP) is 3.64. The lowest BCUT2D eigenvalue weighted by Gasteiger charge is -2.40. The van der Waals surface area contributed by atoms with Gasteiger partial charge in [-0.1, -0.05) is 17.3 Å². The zero-order valence-electron chi connectivity index (χ0n) is 16.7. The number of benzene rings is 1. The number of nitrogens with zero attached hydrogens (tertiary/aromatic N) is 6. The van der Waals surface area contributed by atoms with E-state index in [0.717, 1.165) is 30.6 Å². The highest BCUT2D eigenvalue weighted by molar-refractivity contribution is 5.60. The Kier molecular flexibility index (Phi) is 4.85. The molecule has 8 heteroatoms. The smallest absolute Gasteiger partial charge is 0.167 e. The molecule has 7 nitrogen and oxygen atoms in total. The fraction of sp³-hybridized carbons (Fsp3) is 0.304. The average Bonchev–Trinajstić information content (AvgIpc) is 3.45. The van der Waals surface area contributed by atoms with E-state index in [0.29, 0.717) is 30.2 Å². The molecular weight excluding hydrogens is 395 g/mol. The Morgan fingerprint density at radius 1 is 1.06 bits per heavy atom. The SMILES string of the molecule is N#Cc1cccc(-c2cc([C@H]3CCC4CN(c5ncc(C#N)cc5F)CCN43)no2)c1. The second-order valence-corrected chi connectivity index (χ2v) is 7.88. The van der Waals surface area contributed by atoms with Crippen molar-refractivity contribution in [2.24, 2.45) is 0 Å². The number of fused-ring (bicyclic) bond motifs is 1. The highest BCUT2D eigenvalue weighted by Gasteiger charge is 2.40. The number of halogens is 1. The minimum absolute atomic E-state index is 0.155. The van der Waals surface area contributed by atoms with E-state index in [2.05, 4.69) is 21.1 Å². The van der Waals surface area contributed by atoms with Crippen LogP contribution in [0.1, 0.15) is 35.7 Å². The van der Waals surface area contributed by atoms with Gasteiger partial charge in [0.1, 0.15) is 11.8 Å². The van der Waals surface area contributed by atoms with Crippen molar-refractivity contribution in [2.75, 3.05) is 24.5 Å². The largest absolute Gasteiger partial charge is 0.356 e. The van der Waals surface area contributed by atoms with E-state index in [4.69, 9.17) is 15.0 Å². The average molecular weight is 414 g/mol. The normalized spacial score (nSPS) is 20.8. The number of nitriles is 2. The minimum atomic E-state index is -0.456. The summed E-state index contributed by atoms with van der Waals surface area (Å²) in [6.45, 7) is 2.10. The van der Waals surface area contributed by atoms with Crippen molar-refractivity contribution in [2.45, 2.75) is 24.9 Å². The first-order chi connectivity index (χ1) is 15.2. The van der Waals surface area contributed by atoms with Crippen LogP contribution in [-0.2, 0) is 0 Å². The number of hydrogen-bond donors (Lipinski definition) is 0. The van der Waals surface area contributed by atoms with Crippen molar-refractivity contribution in [1.82, 2.24) is 15.0 Å². The fourth-order valence-corrected chi connectivity index (χ4v) is 4.61. The van der Waals surface area contributed by atoms with Crippen LogP contribution in [0.15, 0.2) is 47.1 Å². The van der Waals surface area contributed by atoms with Crippen molar-refractivity contribution in [3.8, 4) is 23.5 Å². The summed E-state index contributed by atoms with van der Waals surface area (Å²) in [7, 11) is 0. The number of piperazine rings is 1. The molecule has 0 aliphatic carbocycles. The predicted molar refractivity (Wildman–Crippen MR) is 110 cm³/mol. The van der Waals surface area contributed by atoms with Gasteiger partial charge < -0.3 is 9.42 Å². The van der Waals surface area contributed by atoms with Crippen LogP contribution < -0.4 is 4.90 Å². The molecule has 0 N–H and O–H groups in total. The Labute approximate surface area is 178 Å². The molecule has 2 aromatic heterocycles. The maximum Gasteiger partial charge on any atom is 0.167 e. The van der Waals surface area contributed by atoms with Crippen molar-refractivity contribution in [3.05, 3.63) is 65.2 Å². The summed E-state index contributed by atoms with van der Waals surface area (Å²) in [5.41, 5.74) is 2.52. The Balaban J connectivity index is 1.32. The van der Waals surface area contributed by atoms with Crippen LogP contribution in [0, 0.1) is 28.5 Å². The molecule has 154 valence electrons. The van der Waals surface area contributed by atoms with Gasteiger partial charge in [-0.25, -0.2) is 9.37 Å². The molecule has 0 amide bonds. The zero-order valence-corrected chi connectivity index (χ0v) is 16.7. The standard InChI is InChI=1S/C23H19FN6O/c24-19-9-16(12-26)13-27-23(19)29-6-7-30-18(14-29)4-5-21(30)20-10-22(31-28-20)17-3-1-2-15(8-17)11-25/h1-3,8-10,13,18,21H,4-7,14H2/t18?,21-/m1/s1. The minimum Gasteiger partial charge on any atom is -0.356 e. The third-order valence-electron chi connectivity index (χ3n) is 6.10. The summed E-state index contributed by atoms with van der Waals surface area (Å²) in [6.07, 6.45) is 3.34. The lowest BCUT2D eigenvalue weighted by atomic mass is 10.1. The van der Waals surface area contributed by atoms with Crippen LogP contribution in [0.25, 0.3) is 11.3 Å². The van der Waals surface area contributed by atoms with Crippen molar-refractivity contribution >= 4 is 5.82 Å². The van der Waals surface area contributed by atoms with E-state index < -0.39 is 5.82 Å². The molecule has 2 aliphatic heterocycles. The van der Waals surface area contributed by atoms with Gasteiger partial charge in [-0.05, 0) is 31.0 Å². The molecule has 0 spiro atoms. The third kappa shape index (κ3) is 3.52. The first-order valence-electron chi connectivity index (χ1n) is 10.2. The van der Waals surface area contributed by atoms with E-state index in [1.807, 2.05) is 29.2 Å². The van der Waals surface area contributed by atoms with Crippen molar-refractivity contribution in [3.63, 3.8) is 0 Å². The summed E-state index contributed by atoms with van der Waals surface area (Å²) in [4.78, 5) is 8.54. The molecular formula is C23H19FN6O. The van der Waals surface area contributed by atoms with Crippen LogP contribution in [-0.4, -0.2) is 40.7 Å². The first kappa shape index (κ1) is 19.2. The fourth-order valence-electron chi connectivity index (χ4n) is 4.61. The van der Waals surface area contributed by atoms with Gasteiger partial charge in [0.05, 0.1) is 23.2 Å². The van der Waals surface area contributed by atoms with Gasteiger partial charge in [0.25, 0.3) is 0 Å². The highest BCUT2D eigenvalue weighted by Crippen LogP contribution is 2.39. The van der Waals surface area contributed by atoms with E-state index in [1.54, 1.807) is 12.1 Å². The molecule has 31 heavy (non-hydrogen) atoms. The van der Waals surface area contributed by atoms with Crippen LogP contribution >= 0.6 is 0 Å². The van der Waals surface area contributed by atoms with Crippen molar-refractivity contribution in [1.29, 1.82) is 10.5 Å². The molecule has 2 aliphatic rings. The molecule has 4 heterocycles.